The molecule has 2 aromatic heterocycles. The first-order valence-corrected chi connectivity index (χ1v) is 5.58. The van der Waals surface area contributed by atoms with Gasteiger partial charge in [-0.1, -0.05) is 5.16 Å². The number of hydrogen-bond acceptors (Lipinski definition) is 7. The molecule has 2 heterocycles. The fraction of sp³-hybridized carbons (Fsp3) is 0.182. The van der Waals surface area contributed by atoms with Crippen molar-refractivity contribution in [1.82, 2.24) is 10.1 Å². The summed E-state index contributed by atoms with van der Waals surface area (Å²) in [6.07, 6.45) is 1.07. The molecule has 0 atom stereocenters. The lowest BCUT2D eigenvalue weighted by Crippen LogP contribution is -2.15. The molecule has 20 heavy (non-hydrogen) atoms. The summed E-state index contributed by atoms with van der Waals surface area (Å²) in [6, 6.07) is 2.67. The first kappa shape index (κ1) is 13.5. The zero-order valence-corrected chi connectivity index (χ0v) is 10.7. The maximum absolute atomic E-state index is 12.1. The molecule has 1 amide bonds. The minimum absolute atomic E-state index is 0.0377. The van der Waals surface area contributed by atoms with Gasteiger partial charge >= 0.3 is 0 Å². The van der Waals surface area contributed by atoms with Gasteiger partial charge in [-0.05, 0) is 6.92 Å². The zero-order valence-electron chi connectivity index (χ0n) is 10.7. The molecule has 0 fully saturated rings. The van der Waals surface area contributed by atoms with E-state index in [-0.39, 0.29) is 23.0 Å². The zero-order chi connectivity index (χ0) is 14.7. The molecule has 0 aliphatic carbocycles. The summed E-state index contributed by atoms with van der Waals surface area (Å²) in [5.41, 5.74) is 0.366. The number of carbonyl (C=O) groups is 1. The fourth-order valence-electron chi connectivity index (χ4n) is 1.53. The van der Waals surface area contributed by atoms with Crippen molar-refractivity contribution >= 4 is 23.3 Å². The third-order valence-corrected chi connectivity index (χ3v) is 2.43. The average Bonchev–Trinajstić information content (AvgIpc) is 2.83. The van der Waals surface area contributed by atoms with Gasteiger partial charge in [-0.2, -0.15) is 0 Å². The lowest BCUT2D eigenvalue weighted by molar-refractivity contribution is -0.385. The van der Waals surface area contributed by atoms with Gasteiger partial charge in [0, 0.05) is 19.2 Å². The largest absolute Gasteiger partial charge is 0.372 e. The number of carbonyl (C=O) groups excluding carboxylic acids is 1. The lowest BCUT2D eigenvalue weighted by Gasteiger charge is -2.06. The summed E-state index contributed by atoms with van der Waals surface area (Å²) >= 11 is 0. The number of nitro groups is 1. The van der Waals surface area contributed by atoms with E-state index in [9.17, 15) is 14.9 Å². The van der Waals surface area contributed by atoms with Gasteiger partial charge < -0.3 is 9.84 Å². The van der Waals surface area contributed by atoms with Crippen LogP contribution in [0.15, 0.2) is 22.9 Å². The molecule has 0 spiro atoms. The van der Waals surface area contributed by atoms with Crippen LogP contribution in [-0.2, 0) is 0 Å². The van der Waals surface area contributed by atoms with Gasteiger partial charge in [-0.25, -0.2) is 4.98 Å². The Balaban J connectivity index is 2.32. The number of pyridine rings is 1. The highest BCUT2D eigenvalue weighted by Gasteiger charge is 2.18. The molecule has 0 bridgehead atoms. The van der Waals surface area contributed by atoms with Crippen molar-refractivity contribution < 1.29 is 14.2 Å². The minimum Gasteiger partial charge on any atom is -0.372 e. The Hall–Kier alpha value is -2.97. The number of rotatable bonds is 4. The van der Waals surface area contributed by atoms with Gasteiger partial charge in [0.1, 0.15) is 12.0 Å². The van der Waals surface area contributed by atoms with Gasteiger partial charge in [-0.15, -0.1) is 0 Å². The number of hydrogen-bond donors (Lipinski definition) is 2. The monoisotopic (exact) mass is 277 g/mol. The van der Waals surface area contributed by atoms with Crippen molar-refractivity contribution in [2.45, 2.75) is 6.92 Å². The number of anilines is 2. The maximum Gasteiger partial charge on any atom is 0.288 e. The number of amides is 1. The highest BCUT2D eigenvalue weighted by atomic mass is 16.6. The van der Waals surface area contributed by atoms with Crippen molar-refractivity contribution in [1.29, 1.82) is 0 Å². The van der Waals surface area contributed by atoms with Crippen LogP contribution < -0.4 is 10.6 Å². The van der Waals surface area contributed by atoms with E-state index in [1.54, 1.807) is 14.0 Å². The quantitative estimate of drug-likeness (QED) is 0.642. The second-order valence-electron chi connectivity index (χ2n) is 3.88. The predicted octanol–water partition coefficient (Wildman–Crippen LogP) is 1.58. The highest BCUT2D eigenvalue weighted by Crippen LogP contribution is 2.20. The molecule has 0 radical (unpaired) electrons. The number of aryl methyl sites for hydroxylation is 1. The van der Waals surface area contributed by atoms with Crippen LogP contribution in [-0.4, -0.2) is 28.0 Å². The van der Waals surface area contributed by atoms with E-state index in [1.165, 1.54) is 6.07 Å². The van der Waals surface area contributed by atoms with E-state index in [0.29, 0.717) is 5.69 Å². The van der Waals surface area contributed by atoms with Crippen LogP contribution in [0, 0.1) is 17.0 Å². The van der Waals surface area contributed by atoms with Gasteiger partial charge in [-0.3, -0.25) is 20.2 Å². The van der Waals surface area contributed by atoms with E-state index < -0.39 is 10.8 Å². The first-order valence-electron chi connectivity index (χ1n) is 5.58. The average molecular weight is 277 g/mol. The van der Waals surface area contributed by atoms with Crippen LogP contribution in [0.25, 0.3) is 0 Å². The molecule has 0 saturated heterocycles. The topological polar surface area (TPSA) is 123 Å². The van der Waals surface area contributed by atoms with Gasteiger partial charge in [0.2, 0.25) is 5.88 Å². The summed E-state index contributed by atoms with van der Waals surface area (Å²) in [4.78, 5) is 26.0. The van der Waals surface area contributed by atoms with Crippen LogP contribution in [0.2, 0.25) is 0 Å². The molecule has 0 unspecified atom stereocenters. The van der Waals surface area contributed by atoms with Crippen molar-refractivity contribution in [2.24, 2.45) is 0 Å². The molecule has 9 heteroatoms. The Morgan fingerprint density at radius 2 is 2.20 bits per heavy atom. The summed E-state index contributed by atoms with van der Waals surface area (Å²) in [7, 11) is 1.56. The molecule has 0 aliphatic heterocycles. The van der Waals surface area contributed by atoms with Crippen LogP contribution >= 0.6 is 0 Å². The van der Waals surface area contributed by atoms with Crippen molar-refractivity contribution in [3.63, 3.8) is 0 Å². The summed E-state index contributed by atoms with van der Waals surface area (Å²) < 4.78 is 4.85. The maximum atomic E-state index is 12.1. The molecule has 0 aliphatic rings. The Bertz CT molecular complexity index is 667. The van der Waals surface area contributed by atoms with Crippen LogP contribution in [0.5, 0.6) is 0 Å². The molecule has 0 aromatic carbocycles. The third kappa shape index (κ3) is 2.71. The Morgan fingerprint density at radius 3 is 2.75 bits per heavy atom. The Labute approximate surface area is 113 Å². The smallest absolute Gasteiger partial charge is 0.288 e. The molecule has 2 aromatic rings. The molecule has 2 rings (SSSR count). The molecule has 0 saturated carbocycles. The summed E-state index contributed by atoms with van der Waals surface area (Å²) in [5, 5.41) is 19.5. The summed E-state index contributed by atoms with van der Waals surface area (Å²) in [5.74, 6) is -0.202. The standard InChI is InChI=1S/C11H11N5O4/c1-6-3-9(20-15-6)14-11(17)8-4-7(16(18)19)5-13-10(8)12-2/h3-5H,1-2H3,(H,12,13)(H,14,17). The molecular formula is C11H11N5O4. The first-order chi connectivity index (χ1) is 9.51. The van der Waals surface area contributed by atoms with E-state index in [1.807, 2.05) is 0 Å². The van der Waals surface area contributed by atoms with Gasteiger partial charge in [0.05, 0.1) is 16.2 Å². The van der Waals surface area contributed by atoms with Crippen molar-refractivity contribution in [3.8, 4) is 0 Å². The fourth-order valence-corrected chi connectivity index (χ4v) is 1.53. The Morgan fingerprint density at radius 1 is 1.45 bits per heavy atom. The second kappa shape index (κ2) is 5.34. The highest BCUT2D eigenvalue weighted by molar-refractivity contribution is 6.07. The summed E-state index contributed by atoms with van der Waals surface area (Å²) in [6.45, 7) is 1.70. The van der Waals surface area contributed by atoms with Crippen molar-refractivity contribution in [3.05, 3.63) is 39.7 Å². The second-order valence-corrected chi connectivity index (χ2v) is 3.88. The van der Waals surface area contributed by atoms with Gasteiger partial charge in [0.15, 0.2) is 0 Å². The number of nitrogens with zero attached hydrogens (tertiary/aromatic N) is 3. The van der Waals surface area contributed by atoms with Crippen LogP contribution in [0.3, 0.4) is 0 Å². The molecule has 9 nitrogen and oxygen atoms in total. The van der Waals surface area contributed by atoms with E-state index in [0.717, 1.165) is 12.3 Å². The SMILES string of the molecule is CNc1ncc([N+](=O)[O-])cc1C(=O)Nc1cc(C)no1. The lowest BCUT2D eigenvalue weighted by atomic mass is 10.2. The van der Waals surface area contributed by atoms with Crippen molar-refractivity contribution in [2.75, 3.05) is 17.7 Å². The van der Waals surface area contributed by atoms with E-state index in [4.69, 9.17) is 4.52 Å². The van der Waals surface area contributed by atoms with Crippen LogP contribution in [0.1, 0.15) is 16.1 Å². The number of nitrogens with one attached hydrogen (secondary N) is 2. The molecule has 104 valence electrons. The number of aromatic nitrogens is 2. The normalized spacial score (nSPS) is 10.1. The minimum atomic E-state index is -0.623. The van der Waals surface area contributed by atoms with E-state index >= 15 is 0 Å². The molecule has 2 N–H and O–H groups in total. The predicted molar refractivity (Wildman–Crippen MR) is 69.6 cm³/mol. The van der Waals surface area contributed by atoms with E-state index in [2.05, 4.69) is 20.8 Å². The Kier molecular flexibility index (Phi) is 3.60. The van der Waals surface area contributed by atoms with Crippen LogP contribution in [0.4, 0.5) is 17.4 Å². The molecular weight excluding hydrogens is 266 g/mol. The third-order valence-electron chi connectivity index (χ3n) is 2.43. The van der Waals surface area contributed by atoms with Gasteiger partial charge in [0.25, 0.3) is 11.6 Å².